The lowest BCUT2D eigenvalue weighted by atomic mass is 10.2. The number of halogens is 1. The Balaban J connectivity index is 0.000000287. The molecule has 3 rings (SSSR count). The van der Waals surface area contributed by atoms with Gasteiger partial charge in [-0.3, -0.25) is 14.7 Å². The zero-order valence-electron chi connectivity index (χ0n) is 18.5. The van der Waals surface area contributed by atoms with Crippen molar-refractivity contribution in [2.24, 2.45) is 10.9 Å². The first kappa shape index (κ1) is 27.6. The summed E-state index contributed by atoms with van der Waals surface area (Å²) >= 11 is 8.23. The topological polar surface area (TPSA) is 132 Å². The number of anilines is 1. The van der Waals surface area contributed by atoms with Crippen molar-refractivity contribution in [3.05, 3.63) is 70.6 Å². The fraction of sp³-hybridized carbons (Fsp3) is 0.261. The number of amides is 2. The second kappa shape index (κ2) is 16.1. The first-order valence-electron chi connectivity index (χ1n) is 10.5. The Bertz CT molecular complexity index is 1000. The van der Waals surface area contributed by atoms with Gasteiger partial charge in [-0.25, -0.2) is 9.78 Å². The van der Waals surface area contributed by atoms with Crippen molar-refractivity contribution in [2.45, 2.75) is 32.3 Å². The number of carbonyl (C=O) groups excluding carboxylic acids is 2. The zero-order chi connectivity index (χ0) is 24.6. The van der Waals surface area contributed by atoms with Gasteiger partial charge >= 0.3 is 6.09 Å². The maximum Gasteiger partial charge on any atom is 0.404 e. The van der Waals surface area contributed by atoms with E-state index in [1.165, 1.54) is 11.3 Å². The van der Waals surface area contributed by atoms with Crippen LogP contribution in [0.5, 0.6) is 0 Å². The van der Waals surface area contributed by atoms with E-state index < -0.39 is 6.09 Å². The van der Waals surface area contributed by atoms with Gasteiger partial charge in [0.15, 0.2) is 5.13 Å². The largest absolute Gasteiger partial charge is 0.445 e. The van der Waals surface area contributed by atoms with Gasteiger partial charge in [0, 0.05) is 41.1 Å². The molecule has 0 radical (unpaired) electrons. The van der Waals surface area contributed by atoms with Gasteiger partial charge in [0.25, 0.3) is 0 Å². The number of benzene rings is 2. The van der Waals surface area contributed by atoms with Crippen LogP contribution >= 0.6 is 35.1 Å². The van der Waals surface area contributed by atoms with Crippen LogP contribution in [0.25, 0.3) is 11.3 Å². The maximum atomic E-state index is 11.9. The molecule has 0 aliphatic carbocycles. The molecule has 0 saturated carbocycles. The molecule has 0 saturated heterocycles. The molecule has 0 fully saturated rings. The number of aromatic nitrogens is 1. The molecule has 8 nitrogen and oxygen atoms in total. The van der Waals surface area contributed by atoms with Crippen LogP contribution in [0.1, 0.15) is 31.2 Å². The van der Waals surface area contributed by atoms with Crippen molar-refractivity contribution >= 4 is 52.2 Å². The van der Waals surface area contributed by atoms with Gasteiger partial charge in [-0.05, 0) is 30.5 Å². The number of nitrogens with one attached hydrogen (secondary N) is 2. The summed E-state index contributed by atoms with van der Waals surface area (Å²) in [6.45, 7) is 1.06. The number of nitrogens with two attached hydrogens (primary N) is 2. The van der Waals surface area contributed by atoms with Gasteiger partial charge in [-0.2, -0.15) is 0 Å². The highest BCUT2D eigenvalue weighted by Gasteiger charge is 2.07. The lowest BCUT2D eigenvalue weighted by molar-refractivity contribution is -0.116. The summed E-state index contributed by atoms with van der Waals surface area (Å²) in [5.74, 6) is 0.0233. The van der Waals surface area contributed by atoms with Crippen molar-refractivity contribution in [2.75, 3.05) is 11.9 Å². The number of rotatable bonds is 11. The molecular weight excluding hydrogens is 494 g/mol. The highest BCUT2D eigenvalue weighted by molar-refractivity contribution is 7.95. The number of hydrogen-bond donors (Lipinski definition) is 4. The molecule has 182 valence electrons. The van der Waals surface area contributed by atoms with Crippen LogP contribution in [0.2, 0.25) is 5.02 Å². The average molecular weight is 522 g/mol. The van der Waals surface area contributed by atoms with E-state index in [9.17, 15) is 9.59 Å². The third-order valence-electron chi connectivity index (χ3n) is 4.38. The van der Waals surface area contributed by atoms with Crippen LogP contribution in [-0.4, -0.2) is 23.5 Å². The van der Waals surface area contributed by atoms with Crippen molar-refractivity contribution in [3.8, 4) is 11.3 Å². The lowest BCUT2D eigenvalue weighted by Crippen LogP contribution is -2.12. The van der Waals surface area contributed by atoms with Crippen molar-refractivity contribution < 1.29 is 14.3 Å². The maximum absolute atomic E-state index is 11.9. The lowest BCUT2D eigenvalue weighted by Gasteiger charge is -2.02. The Hall–Kier alpha value is -2.63. The molecule has 0 spiro atoms. The minimum absolute atomic E-state index is 0.0233. The molecule has 0 bridgehead atoms. The smallest absolute Gasteiger partial charge is 0.404 e. The SMILES string of the molecule is NC(=O)OCc1ccc(Cl)cc1.NSNCCCCCC(=O)Nc1nc(-c2ccccc2)cs1. The summed E-state index contributed by atoms with van der Waals surface area (Å²) in [5.41, 5.74) is 7.60. The molecule has 1 heterocycles. The number of nitrogens with zero attached hydrogens (tertiary/aromatic N) is 1. The van der Waals surface area contributed by atoms with Crippen LogP contribution < -0.4 is 20.9 Å². The number of primary amides is 1. The molecular formula is C23H28ClN5O3S2. The second-order valence-corrected chi connectivity index (χ2v) is 8.83. The average Bonchev–Trinajstić information content (AvgIpc) is 3.30. The highest BCUT2D eigenvalue weighted by atomic mass is 35.5. The summed E-state index contributed by atoms with van der Waals surface area (Å²) in [6, 6.07) is 16.9. The quantitative estimate of drug-likeness (QED) is 0.197. The summed E-state index contributed by atoms with van der Waals surface area (Å²) in [7, 11) is 0. The van der Waals surface area contributed by atoms with Crippen molar-refractivity contribution in [3.63, 3.8) is 0 Å². The van der Waals surface area contributed by atoms with Gasteiger partial charge in [0.1, 0.15) is 6.61 Å². The second-order valence-electron chi connectivity index (χ2n) is 7.01. The molecule has 11 heteroatoms. The van der Waals surface area contributed by atoms with E-state index in [0.717, 1.165) is 54.8 Å². The van der Waals surface area contributed by atoms with E-state index in [4.69, 9.17) is 22.5 Å². The fourth-order valence-corrected chi connectivity index (χ4v) is 3.83. The fourth-order valence-electron chi connectivity index (χ4n) is 2.71. The third kappa shape index (κ3) is 11.5. The van der Waals surface area contributed by atoms with Gasteiger partial charge in [-0.1, -0.05) is 60.5 Å². The zero-order valence-corrected chi connectivity index (χ0v) is 20.9. The van der Waals surface area contributed by atoms with Gasteiger partial charge in [0.05, 0.1) is 5.69 Å². The van der Waals surface area contributed by atoms with Gasteiger partial charge in [-0.15, -0.1) is 11.3 Å². The molecule has 0 atom stereocenters. The predicted octanol–water partition coefficient (Wildman–Crippen LogP) is 5.36. The van der Waals surface area contributed by atoms with Gasteiger partial charge < -0.3 is 15.8 Å². The summed E-state index contributed by atoms with van der Waals surface area (Å²) in [4.78, 5) is 26.5. The molecule has 2 amide bonds. The Kier molecular flexibility index (Phi) is 13.1. The highest BCUT2D eigenvalue weighted by Crippen LogP contribution is 2.24. The number of unbranched alkanes of at least 4 members (excludes halogenated alkanes) is 2. The van der Waals surface area contributed by atoms with Crippen LogP contribution in [0.3, 0.4) is 0 Å². The van der Waals surface area contributed by atoms with E-state index in [-0.39, 0.29) is 12.5 Å². The summed E-state index contributed by atoms with van der Waals surface area (Å²) in [6.07, 6.45) is 2.65. The monoisotopic (exact) mass is 521 g/mol. The minimum Gasteiger partial charge on any atom is -0.445 e. The Morgan fingerprint density at radius 2 is 1.79 bits per heavy atom. The Morgan fingerprint density at radius 3 is 2.47 bits per heavy atom. The van der Waals surface area contributed by atoms with Crippen molar-refractivity contribution in [1.29, 1.82) is 0 Å². The molecule has 0 aliphatic rings. The standard InChI is InChI=1S/C15H20N4OS2.C8H8ClNO2/c16-22-17-10-6-2-5-9-14(20)19-15-18-13(11-21-15)12-7-3-1-4-8-12;9-7-3-1-6(2-4-7)5-12-8(10)11/h1,3-4,7-8,11,17H,2,5-6,9-10,16H2,(H,18,19,20);1-4H,5H2,(H2,10,11). The van der Waals surface area contributed by atoms with Crippen LogP contribution in [0.15, 0.2) is 60.0 Å². The van der Waals surface area contributed by atoms with Crippen LogP contribution in [0, 0.1) is 0 Å². The van der Waals surface area contributed by atoms with E-state index in [1.807, 2.05) is 35.7 Å². The molecule has 0 aliphatic heterocycles. The molecule has 2 aromatic carbocycles. The third-order valence-corrected chi connectivity index (χ3v) is 5.76. The first-order chi connectivity index (χ1) is 16.5. The number of thiazole rings is 1. The normalized spacial score (nSPS) is 10.2. The molecule has 34 heavy (non-hydrogen) atoms. The van der Waals surface area contributed by atoms with Gasteiger partial charge in [0.2, 0.25) is 5.91 Å². The first-order valence-corrected chi connectivity index (χ1v) is 12.7. The Morgan fingerprint density at radius 1 is 1.06 bits per heavy atom. The number of hydrogen-bond acceptors (Lipinski definition) is 8. The van der Waals surface area contributed by atoms with E-state index in [1.54, 1.807) is 24.3 Å². The predicted molar refractivity (Wildman–Crippen MR) is 140 cm³/mol. The number of carbonyl (C=O) groups is 2. The van der Waals surface area contributed by atoms with E-state index in [0.29, 0.717) is 16.6 Å². The summed E-state index contributed by atoms with van der Waals surface area (Å²) in [5, 5.41) is 11.4. The van der Waals surface area contributed by atoms with Crippen molar-refractivity contribution in [1.82, 2.24) is 9.71 Å². The minimum atomic E-state index is -0.773. The van der Waals surface area contributed by atoms with Crippen LogP contribution in [0.4, 0.5) is 9.93 Å². The number of ether oxygens (including phenoxy) is 1. The molecule has 1 aromatic heterocycles. The Labute approximate surface area is 212 Å². The molecule has 6 N–H and O–H groups in total. The summed E-state index contributed by atoms with van der Waals surface area (Å²) < 4.78 is 7.54. The van der Waals surface area contributed by atoms with E-state index >= 15 is 0 Å². The van der Waals surface area contributed by atoms with E-state index in [2.05, 4.69) is 19.8 Å². The molecule has 3 aromatic rings. The van der Waals surface area contributed by atoms with Crippen LogP contribution in [-0.2, 0) is 16.1 Å². The molecule has 0 unspecified atom stereocenters.